The van der Waals surface area contributed by atoms with Crippen LogP contribution in [-0.4, -0.2) is 51.3 Å². The molecule has 3 heteroatoms. The SMILES string of the molecule is CCCN(CCCOC)CC1CCCNC1. The van der Waals surface area contributed by atoms with E-state index in [0.717, 1.165) is 18.9 Å². The number of ether oxygens (including phenoxy) is 1. The molecular formula is C13H28N2O. The molecule has 0 radical (unpaired) electrons. The van der Waals surface area contributed by atoms with E-state index in [4.69, 9.17) is 4.74 Å². The number of hydrogen-bond donors (Lipinski definition) is 1. The Morgan fingerprint density at radius 1 is 1.38 bits per heavy atom. The van der Waals surface area contributed by atoms with Crippen molar-refractivity contribution in [3.8, 4) is 0 Å². The molecule has 1 N–H and O–H groups in total. The standard InChI is InChI=1S/C13H28N2O/c1-3-8-15(9-5-10-16-2)12-13-6-4-7-14-11-13/h13-14H,3-12H2,1-2H3. The Balaban J connectivity index is 2.19. The molecule has 0 aromatic carbocycles. The Morgan fingerprint density at radius 3 is 2.88 bits per heavy atom. The monoisotopic (exact) mass is 228 g/mol. The van der Waals surface area contributed by atoms with E-state index in [0.29, 0.717) is 0 Å². The Kier molecular flexibility index (Phi) is 7.81. The summed E-state index contributed by atoms with van der Waals surface area (Å²) in [5, 5.41) is 3.50. The topological polar surface area (TPSA) is 24.5 Å². The zero-order valence-electron chi connectivity index (χ0n) is 11.0. The molecule has 96 valence electrons. The van der Waals surface area contributed by atoms with Crippen LogP contribution in [0.25, 0.3) is 0 Å². The van der Waals surface area contributed by atoms with Crippen LogP contribution < -0.4 is 5.32 Å². The fourth-order valence-electron chi connectivity index (χ4n) is 2.49. The molecule has 0 amide bonds. The first-order chi connectivity index (χ1) is 7.86. The predicted molar refractivity (Wildman–Crippen MR) is 68.8 cm³/mol. The van der Waals surface area contributed by atoms with Crippen molar-refractivity contribution in [1.82, 2.24) is 10.2 Å². The Labute approximate surface area is 101 Å². The maximum atomic E-state index is 5.12. The summed E-state index contributed by atoms with van der Waals surface area (Å²) >= 11 is 0. The highest BCUT2D eigenvalue weighted by atomic mass is 16.5. The maximum absolute atomic E-state index is 5.12. The highest BCUT2D eigenvalue weighted by Gasteiger charge is 2.16. The summed E-state index contributed by atoms with van der Waals surface area (Å²) in [7, 11) is 1.79. The first kappa shape index (κ1) is 13.9. The normalized spacial score (nSPS) is 21.6. The molecule has 0 aromatic rings. The zero-order valence-corrected chi connectivity index (χ0v) is 11.0. The molecule has 0 bridgehead atoms. The van der Waals surface area contributed by atoms with E-state index in [-0.39, 0.29) is 0 Å². The summed E-state index contributed by atoms with van der Waals surface area (Å²) in [6, 6.07) is 0. The van der Waals surface area contributed by atoms with Gasteiger partial charge in [0.15, 0.2) is 0 Å². The molecule has 1 saturated heterocycles. The lowest BCUT2D eigenvalue weighted by Gasteiger charge is -2.30. The molecule has 1 atom stereocenters. The summed E-state index contributed by atoms with van der Waals surface area (Å²) < 4.78 is 5.12. The minimum absolute atomic E-state index is 0.864. The first-order valence-corrected chi connectivity index (χ1v) is 6.78. The molecule has 1 fully saturated rings. The van der Waals surface area contributed by atoms with Crippen LogP contribution in [0.2, 0.25) is 0 Å². The zero-order chi connectivity index (χ0) is 11.6. The summed E-state index contributed by atoms with van der Waals surface area (Å²) in [6.07, 6.45) is 5.17. The van der Waals surface area contributed by atoms with Gasteiger partial charge in [-0.25, -0.2) is 0 Å². The fourth-order valence-corrected chi connectivity index (χ4v) is 2.49. The Morgan fingerprint density at radius 2 is 2.25 bits per heavy atom. The summed E-state index contributed by atoms with van der Waals surface area (Å²) in [5.41, 5.74) is 0. The number of piperidine rings is 1. The van der Waals surface area contributed by atoms with Gasteiger partial charge in [0, 0.05) is 26.8 Å². The highest BCUT2D eigenvalue weighted by Crippen LogP contribution is 2.12. The highest BCUT2D eigenvalue weighted by molar-refractivity contribution is 4.72. The minimum atomic E-state index is 0.864. The third-order valence-electron chi connectivity index (χ3n) is 3.28. The van der Waals surface area contributed by atoms with Gasteiger partial charge in [-0.15, -0.1) is 0 Å². The Bertz CT molecular complexity index is 158. The Hall–Kier alpha value is -0.120. The van der Waals surface area contributed by atoms with Gasteiger partial charge in [0.25, 0.3) is 0 Å². The van der Waals surface area contributed by atoms with Crippen LogP contribution in [0.1, 0.15) is 32.6 Å². The van der Waals surface area contributed by atoms with Gasteiger partial charge >= 0.3 is 0 Å². The number of nitrogens with one attached hydrogen (secondary N) is 1. The smallest absolute Gasteiger partial charge is 0.0474 e. The van der Waals surface area contributed by atoms with Crippen LogP contribution in [0.4, 0.5) is 0 Å². The molecule has 0 aliphatic carbocycles. The molecule has 0 saturated carbocycles. The van der Waals surface area contributed by atoms with Crippen LogP contribution in [-0.2, 0) is 4.74 Å². The summed E-state index contributed by atoms with van der Waals surface area (Å²) in [4.78, 5) is 2.61. The van der Waals surface area contributed by atoms with Gasteiger partial charge in [0.2, 0.25) is 0 Å². The molecule has 1 aliphatic rings. The van der Waals surface area contributed by atoms with Crippen LogP contribution in [0.3, 0.4) is 0 Å². The summed E-state index contributed by atoms with van der Waals surface area (Å²) in [6.45, 7) is 9.28. The lowest BCUT2D eigenvalue weighted by atomic mass is 9.99. The van der Waals surface area contributed by atoms with Crippen molar-refractivity contribution >= 4 is 0 Å². The molecule has 1 aliphatic heterocycles. The lowest BCUT2D eigenvalue weighted by Crippen LogP contribution is -2.39. The van der Waals surface area contributed by atoms with Gasteiger partial charge in [0.1, 0.15) is 0 Å². The van der Waals surface area contributed by atoms with E-state index in [1.54, 1.807) is 7.11 Å². The lowest BCUT2D eigenvalue weighted by molar-refractivity contribution is 0.157. The quantitative estimate of drug-likeness (QED) is 0.640. The van der Waals surface area contributed by atoms with E-state index in [9.17, 15) is 0 Å². The molecule has 1 unspecified atom stereocenters. The van der Waals surface area contributed by atoms with E-state index in [1.807, 2.05) is 0 Å². The second kappa shape index (κ2) is 8.97. The van der Waals surface area contributed by atoms with Crippen molar-refractivity contribution in [2.24, 2.45) is 5.92 Å². The second-order valence-corrected chi connectivity index (χ2v) is 4.86. The number of nitrogens with zero attached hydrogens (tertiary/aromatic N) is 1. The molecule has 0 spiro atoms. The van der Waals surface area contributed by atoms with Gasteiger partial charge < -0.3 is 15.0 Å². The number of methoxy groups -OCH3 is 1. The van der Waals surface area contributed by atoms with Crippen molar-refractivity contribution in [2.45, 2.75) is 32.6 Å². The number of rotatable bonds is 8. The van der Waals surface area contributed by atoms with Crippen molar-refractivity contribution in [3.63, 3.8) is 0 Å². The van der Waals surface area contributed by atoms with Crippen molar-refractivity contribution < 1.29 is 4.74 Å². The minimum Gasteiger partial charge on any atom is -0.385 e. The third kappa shape index (κ3) is 5.83. The van der Waals surface area contributed by atoms with E-state index in [1.165, 1.54) is 52.0 Å². The van der Waals surface area contributed by atoms with Gasteiger partial charge in [-0.3, -0.25) is 0 Å². The van der Waals surface area contributed by atoms with Crippen molar-refractivity contribution in [2.75, 3.05) is 46.4 Å². The predicted octanol–water partition coefficient (Wildman–Crippen LogP) is 1.73. The van der Waals surface area contributed by atoms with Gasteiger partial charge in [-0.05, 0) is 51.2 Å². The molecule has 0 aromatic heterocycles. The van der Waals surface area contributed by atoms with Gasteiger partial charge in [0.05, 0.1) is 0 Å². The molecule has 1 heterocycles. The third-order valence-corrected chi connectivity index (χ3v) is 3.28. The fraction of sp³-hybridized carbons (Fsp3) is 1.00. The average molecular weight is 228 g/mol. The van der Waals surface area contributed by atoms with Crippen LogP contribution in [0, 0.1) is 5.92 Å². The largest absolute Gasteiger partial charge is 0.385 e. The van der Waals surface area contributed by atoms with Gasteiger partial charge in [-0.2, -0.15) is 0 Å². The van der Waals surface area contributed by atoms with Crippen LogP contribution in [0.5, 0.6) is 0 Å². The van der Waals surface area contributed by atoms with Crippen molar-refractivity contribution in [3.05, 3.63) is 0 Å². The summed E-state index contributed by atoms with van der Waals surface area (Å²) in [5.74, 6) is 0.864. The molecule has 1 rings (SSSR count). The van der Waals surface area contributed by atoms with E-state index >= 15 is 0 Å². The molecule has 3 nitrogen and oxygen atoms in total. The van der Waals surface area contributed by atoms with Crippen LogP contribution in [0.15, 0.2) is 0 Å². The van der Waals surface area contributed by atoms with Crippen LogP contribution >= 0.6 is 0 Å². The second-order valence-electron chi connectivity index (χ2n) is 4.86. The molecule has 16 heavy (non-hydrogen) atoms. The van der Waals surface area contributed by atoms with Gasteiger partial charge in [-0.1, -0.05) is 6.92 Å². The van der Waals surface area contributed by atoms with E-state index in [2.05, 4.69) is 17.1 Å². The maximum Gasteiger partial charge on any atom is 0.0474 e. The average Bonchev–Trinajstić information content (AvgIpc) is 2.31. The number of hydrogen-bond acceptors (Lipinski definition) is 3. The molecular weight excluding hydrogens is 200 g/mol. The van der Waals surface area contributed by atoms with Crippen molar-refractivity contribution in [1.29, 1.82) is 0 Å². The van der Waals surface area contributed by atoms with E-state index < -0.39 is 0 Å². The first-order valence-electron chi connectivity index (χ1n) is 6.78.